The van der Waals surface area contributed by atoms with Crippen molar-refractivity contribution in [2.75, 3.05) is 13.2 Å². The zero-order valence-electron chi connectivity index (χ0n) is 11.7. The van der Waals surface area contributed by atoms with Crippen molar-refractivity contribution in [2.24, 2.45) is 0 Å². The summed E-state index contributed by atoms with van der Waals surface area (Å²) in [6.45, 7) is 3.63. The van der Waals surface area contributed by atoms with E-state index in [-0.39, 0.29) is 29.8 Å². The zero-order chi connectivity index (χ0) is 15.2. The first kappa shape index (κ1) is 16.6. The maximum Gasteiger partial charge on any atom is 0.244 e. The highest BCUT2D eigenvalue weighted by molar-refractivity contribution is 7.89. The predicted molar refractivity (Wildman–Crippen MR) is 74.3 cm³/mol. The average molecular weight is 297 g/mol. The fraction of sp³-hybridized carbons (Fsp3) is 0.538. The van der Waals surface area contributed by atoms with Crippen LogP contribution >= 0.6 is 0 Å². The molecule has 0 unspecified atom stereocenters. The van der Waals surface area contributed by atoms with E-state index in [1.807, 2.05) is 19.9 Å². The molecular weight excluding hydrogens is 278 g/mol. The smallest absolute Gasteiger partial charge is 0.244 e. The third-order valence-corrected chi connectivity index (χ3v) is 5.06. The number of rotatable bonds is 7. The third-order valence-electron chi connectivity index (χ3n) is 3.13. The number of aliphatic hydroxyl groups is 1. The van der Waals surface area contributed by atoms with E-state index in [0.29, 0.717) is 12.8 Å². The molecule has 0 aliphatic rings. The Morgan fingerprint density at radius 3 is 2.45 bits per heavy atom. The Bertz CT molecular complexity index is 560. The van der Waals surface area contributed by atoms with Gasteiger partial charge < -0.3 is 5.11 Å². The maximum absolute atomic E-state index is 12.6. The predicted octanol–water partition coefficient (Wildman–Crippen LogP) is 1.12. The van der Waals surface area contributed by atoms with E-state index in [0.717, 1.165) is 0 Å². The number of hydrogen-bond donors (Lipinski definition) is 1. The van der Waals surface area contributed by atoms with Gasteiger partial charge in [-0.25, -0.2) is 13.4 Å². The van der Waals surface area contributed by atoms with Gasteiger partial charge in [-0.3, -0.25) is 0 Å². The molecule has 0 atom stereocenters. The lowest BCUT2D eigenvalue weighted by molar-refractivity contribution is 0.219. The number of aromatic nitrogens is 1. The molecule has 1 heterocycles. The van der Waals surface area contributed by atoms with E-state index in [2.05, 4.69) is 4.98 Å². The Morgan fingerprint density at radius 1 is 1.40 bits per heavy atom. The molecule has 1 aromatic heterocycles. The van der Waals surface area contributed by atoms with Crippen LogP contribution in [-0.4, -0.2) is 42.0 Å². The molecule has 1 N–H and O–H groups in total. The molecule has 0 amide bonds. The Kier molecular flexibility index (Phi) is 6.07. The molecule has 7 heteroatoms. The topological polar surface area (TPSA) is 94.3 Å². The van der Waals surface area contributed by atoms with E-state index in [1.165, 1.54) is 22.6 Å². The van der Waals surface area contributed by atoms with Gasteiger partial charge in [-0.15, -0.1) is 0 Å². The molecule has 0 saturated carbocycles. The van der Waals surface area contributed by atoms with Gasteiger partial charge in [-0.05, 0) is 25.0 Å². The zero-order valence-corrected chi connectivity index (χ0v) is 12.5. The van der Waals surface area contributed by atoms with Crippen LogP contribution in [0.1, 0.15) is 32.4 Å². The van der Waals surface area contributed by atoms with E-state index >= 15 is 0 Å². The van der Waals surface area contributed by atoms with Crippen molar-refractivity contribution in [1.29, 1.82) is 5.26 Å². The summed E-state index contributed by atoms with van der Waals surface area (Å²) in [6, 6.07) is 4.42. The van der Waals surface area contributed by atoms with Crippen molar-refractivity contribution < 1.29 is 13.5 Å². The number of nitrogens with zero attached hydrogens (tertiary/aromatic N) is 3. The van der Waals surface area contributed by atoms with Crippen molar-refractivity contribution in [1.82, 2.24) is 9.29 Å². The Labute approximate surface area is 119 Å². The summed E-state index contributed by atoms with van der Waals surface area (Å²) in [5, 5.41) is 17.8. The standard InChI is InChI=1S/C13H19N3O3S/c1-3-12(4-2)16(7-8-17)20(18,19)13-6-5-11(9-14)15-10-13/h5-6,10,12,17H,3-4,7-8H2,1-2H3. The molecule has 0 aromatic carbocycles. The van der Waals surface area contributed by atoms with Crippen LogP contribution in [0.25, 0.3) is 0 Å². The number of nitriles is 1. The van der Waals surface area contributed by atoms with E-state index in [9.17, 15) is 8.42 Å². The summed E-state index contributed by atoms with van der Waals surface area (Å²) in [7, 11) is -3.71. The van der Waals surface area contributed by atoms with Crippen molar-refractivity contribution in [3.8, 4) is 6.07 Å². The van der Waals surface area contributed by atoms with Gasteiger partial charge in [-0.1, -0.05) is 13.8 Å². The molecule has 1 aromatic rings. The second-order valence-electron chi connectivity index (χ2n) is 4.30. The Hall–Kier alpha value is -1.49. The van der Waals surface area contributed by atoms with E-state index < -0.39 is 10.0 Å². The molecule has 0 aliphatic carbocycles. The Morgan fingerprint density at radius 2 is 2.05 bits per heavy atom. The molecule has 0 fully saturated rings. The molecule has 0 aliphatic heterocycles. The monoisotopic (exact) mass is 297 g/mol. The molecule has 0 spiro atoms. The lowest BCUT2D eigenvalue weighted by Crippen LogP contribution is -2.41. The van der Waals surface area contributed by atoms with Gasteiger partial charge in [-0.2, -0.15) is 9.57 Å². The van der Waals surface area contributed by atoms with Gasteiger partial charge in [0.05, 0.1) is 6.61 Å². The molecule has 0 bridgehead atoms. The largest absolute Gasteiger partial charge is 0.395 e. The minimum absolute atomic E-state index is 0.0388. The van der Waals surface area contributed by atoms with Crippen LogP contribution in [0.3, 0.4) is 0 Å². The fourth-order valence-electron chi connectivity index (χ4n) is 2.03. The van der Waals surface area contributed by atoms with Crippen LogP contribution in [-0.2, 0) is 10.0 Å². The van der Waals surface area contributed by atoms with Crippen LogP contribution in [0.5, 0.6) is 0 Å². The summed E-state index contributed by atoms with van der Waals surface area (Å²) in [5.41, 5.74) is 0.167. The molecule has 110 valence electrons. The normalized spacial score (nSPS) is 11.8. The minimum atomic E-state index is -3.71. The summed E-state index contributed by atoms with van der Waals surface area (Å²) < 4.78 is 26.4. The van der Waals surface area contributed by atoms with Gasteiger partial charge in [0.2, 0.25) is 10.0 Å². The van der Waals surface area contributed by atoms with Crippen LogP contribution in [0.4, 0.5) is 0 Å². The Balaban J connectivity index is 3.18. The van der Waals surface area contributed by atoms with Crippen LogP contribution < -0.4 is 0 Å². The first-order valence-electron chi connectivity index (χ1n) is 6.50. The van der Waals surface area contributed by atoms with Crippen LogP contribution in [0.2, 0.25) is 0 Å². The maximum atomic E-state index is 12.6. The first-order valence-corrected chi connectivity index (χ1v) is 7.94. The number of hydrogen-bond acceptors (Lipinski definition) is 5. The lowest BCUT2D eigenvalue weighted by atomic mass is 10.2. The lowest BCUT2D eigenvalue weighted by Gasteiger charge is -2.28. The quantitative estimate of drug-likeness (QED) is 0.814. The molecule has 6 nitrogen and oxygen atoms in total. The third kappa shape index (κ3) is 3.54. The summed E-state index contributed by atoms with van der Waals surface area (Å²) >= 11 is 0. The van der Waals surface area contributed by atoms with Gasteiger partial charge in [0.25, 0.3) is 0 Å². The average Bonchev–Trinajstić information content (AvgIpc) is 2.47. The van der Waals surface area contributed by atoms with E-state index in [1.54, 1.807) is 0 Å². The summed E-state index contributed by atoms with van der Waals surface area (Å²) in [6.07, 6.45) is 2.51. The van der Waals surface area contributed by atoms with Gasteiger partial charge in [0, 0.05) is 18.8 Å². The van der Waals surface area contributed by atoms with Gasteiger partial charge in [0.15, 0.2) is 0 Å². The van der Waals surface area contributed by atoms with E-state index in [4.69, 9.17) is 10.4 Å². The van der Waals surface area contributed by atoms with Crippen molar-refractivity contribution in [3.63, 3.8) is 0 Å². The second kappa shape index (κ2) is 7.33. The van der Waals surface area contributed by atoms with Crippen molar-refractivity contribution in [2.45, 2.75) is 37.6 Å². The SMILES string of the molecule is CCC(CC)N(CCO)S(=O)(=O)c1ccc(C#N)nc1. The van der Waals surface area contributed by atoms with Gasteiger partial charge in [0.1, 0.15) is 16.7 Å². The molecule has 0 radical (unpaired) electrons. The first-order chi connectivity index (χ1) is 9.51. The number of sulfonamides is 1. The van der Waals surface area contributed by atoms with Gasteiger partial charge >= 0.3 is 0 Å². The van der Waals surface area contributed by atoms with Crippen molar-refractivity contribution in [3.05, 3.63) is 24.0 Å². The molecule has 20 heavy (non-hydrogen) atoms. The molecular formula is C13H19N3O3S. The highest BCUT2D eigenvalue weighted by atomic mass is 32.2. The fourth-order valence-corrected chi connectivity index (χ4v) is 3.74. The highest BCUT2D eigenvalue weighted by Gasteiger charge is 2.29. The summed E-state index contributed by atoms with van der Waals surface area (Å²) in [4.78, 5) is 3.83. The second-order valence-corrected chi connectivity index (χ2v) is 6.19. The number of pyridine rings is 1. The molecule has 0 saturated heterocycles. The highest BCUT2D eigenvalue weighted by Crippen LogP contribution is 2.20. The van der Waals surface area contributed by atoms with Crippen LogP contribution in [0.15, 0.2) is 23.2 Å². The van der Waals surface area contributed by atoms with Crippen molar-refractivity contribution >= 4 is 10.0 Å². The van der Waals surface area contributed by atoms with Crippen LogP contribution in [0, 0.1) is 11.3 Å². The number of aliphatic hydroxyl groups excluding tert-OH is 1. The summed E-state index contributed by atoms with van der Waals surface area (Å²) in [5.74, 6) is 0. The minimum Gasteiger partial charge on any atom is -0.395 e. The molecule has 1 rings (SSSR count).